The quantitative estimate of drug-likeness (QED) is 0.156. The molecule has 0 aliphatic rings. The zero-order chi connectivity index (χ0) is 37.0. The van der Waals surface area contributed by atoms with Gasteiger partial charge in [0.05, 0.1) is 16.7 Å². The Morgan fingerprint density at radius 1 is 0.321 bits per heavy atom. The first-order valence-electron chi connectivity index (χ1n) is 19.3. The summed E-state index contributed by atoms with van der Waals surface area (Å²) in [6.45, 7) is 0. The van der Waals surface area contributed by atoms with Gasteiger partial charge in [0.25, 0.3) is 0 Å². The van der Waals surface area contributed by atoms with Crippen LogP contribution in [0.3, 0.4) is 0 Å². The molecule has 0 amide bonds. The van der Waals surface area contributed by atoms with Crippen LogP contribution in [0.15, 0.2) is 218 Å². The summed E-state index contributed by atoms with van der Waals surface area (Å²) in [6.07, 6.45) is 0. The molecule has 56 heavy (non-hydrogen) atoms. The third-order valence-corrected chi connectivity index (χ3v) is 11.3. The average molecular weight is 713 g/mol. The van der Waals surface area contributed by atoms with Gasteiger partial charge in [-0.3, -0.25) is 0 Å². The third kappa shape index (κ3) is 5.11. The van der Waals surface area contributed by atoms with Crippen LogP contribution in [0.5, 0.6) is 0 Å². The zero-order valence-corrected chi connectivity index (χ0v) is 30.7. The van der Waals surface area contributed by atoms with E-state index in [9.17, 15) is 0 Å². The lowest BCUT2D eigenvalue weighted by atomic mass is 9.85. The minimum Gasteiger partial charge on any atom is -0.308 e. The van der Waals surface area contributed by atoms with Gasteiger partial charge in [-0.25, -0.2) is 0 Å². The van der Waals surface area contributed by atoms with Crippen molar-refractivity contribution in [3.8, 4) is 27.9 Å². The van der Waals surface area contributed by atoms with E-state index in [0.717, 1.165) is 22.7 Å². The smallest absolute Gasteiger partial charge is 0.0782 e. The van der Waals surface area contributed by atoms with Crippen LogP contribution in [0.4, 0.5) is 17.1 Å². The average Bonchev–Trinajstić information content (AvgIpc) is 3.62. The second-order valence-corrected chi connectivity index (χ2v) is 14.5. The molecule has 0 aliphatic carbocycles. The Balaban J connectivity index is 1.28. The van der Waals surface area contributed by atoms with Gasteiger partial charge in [-0.15, -0.1) is 0 Å². The Hall–Kier alpha value is -7.42. The Morgan fingerprint density at radius 3 is 1.61 bits per heavy atom. The van der Waals surface area contributed by atoms with Crippen molar-refractivity contribution in [3.05, 3.63) is 218 Å². The number of rotatable bonds is 6. The zero-order valence-electron chi connectivity index (χ0n) is 30.7. The molecule has 2 nitrogen and oxygen atoms in total. The molecule has 1 heterocycles. The van der Waals surface area contributed by atoms with Gasteiger partial charge < -0.3 is 9.47 Å². The summed E-state index contributed by atoms with van der Waals surface area (Å²) >= 11 is 0. The van der Waals surface area contributed by atoms with Crippen LogP contribution in [-0.2, 0) is 0 Å². The molecular weight excluding hydrogens is 677 g/mol. The van der Waals surface area contributed by atoms with Crippen molar-refractivity contribution in [1.29, 1.82) is 0 Å². The molecule has 0 spiro atoms. The Kier molecular flexibility index (Phi) is 7.53. The topological polar surface area (TPSA) is 8.17 Å². The molecule has 2 heteroatoms. The molecule has 1 aromatic heterocycles. The number of aromatic nitrogens is 1. The van der Waals surface area contributed by atoms with E-state index < -0.39 is 0 Å². The van der Waals surface area contributed by atoms with E-state index in [1.54, 1.807) is 0 Å². The van der Waals surface area contributed by atoms with Crippen LogP contribution in [0, 0.1) is 0 Å². The molecule has 10 aromatic carbocycles. The monoisotopic (exact) mass is 712 g/mol. The van der Waals surface area contributed by atoms with Crippen molar-refractivity contribution < 1.29 is 0 Å². The number of hydrogen-bond acceptors (Lipinski definition) is 1. The summed E-state index contributed by atoms with van der Waals surface area (Å²) in [7, 11) is 0. The molecule has 0 saturated heterocycles. The molecule has 262 valence electrons. The molecule has 0 aliphatic heterocycles. The van der Waals surface area contributed by atoms with Gasteiger partial charge in [-0.1, -0.05) is 170 Å². The lowest BCUT2D eigenvalue weighted by Crippen LogP contribution is -2.12. The number of para-hydroxylation sites is 3. The molecule has 0 atom stereocenters. The minimum absolute atomic E-state index is 1.09. The van der Waals surface area contributed by atoms with E-state index in [1.165, 1.54) is 76.4 Å². The van der Waals surface area contributed by atoms with Gasteiger partial charge in [-0.2, -0.15) is 0 Å². The highest BCUT2D eigenvalue weighted by Crippen LogP contribution is 2.48. The molecule has 0 fully saturated rings. The van der Waals surface area contributed by atoms with Crippen molar-refractivity contribution in [2.24, 2.45) is 0 Å². The van der Waals surface area contributed by atoms with Gasteiger partial charge in [-0.05, 0) is 103 Å². The first kappa shape index (κ1) is 32.0. The molecule has 0 bridgehead atoms. The summed E-state index contributed by atoms with van der Waals surface area (Å²) in [4.78, 5) is 2.47. The van der Waals surface area contributed by atoms with Crippen LogP contribution >= 0.6 is 0 Å². The van der Waals surface area contributed by atoms with Crippen molar-refractivity contribution in [2.45, 2.75) is 0 Å². The van der Waals surface area contributed by atoms with E-state index in [2.05, 4.69) is 228 Å². The highest BCUT2D eigenvalue weighted by molar-refractivity contribution is 6.22. The van der Waals surface area contributed by atoms with Crippen molar-refractivity contribution in [1.82, 2.24) is 4.57 Å². The summed E-state index contributed by atoms with van der Waals surface area (Å²) in [5.41, 5.74) is 11.7. The van der Waals surface area contributed by atoms with E-state index in [1.807, 2.05) is 0 Å². The Bertz CT molecular complexity index is 3240. The van der Waals surface area contributed by atoms with Gasteiger partial charge in [0.1, 0.15) is 0 Å². The van der Waals surface area contributed by atoms with Gasteiger partial charge in [0.15, 0.2) is 0 Å². The second-order valence-electron chi connectivity index (χ2n) is 14.5. The predicted octanol–water partition coefficient (Wildman–Crippen LogP) is 15.0. The molecule has 11 rings (SSSR count). The minimum atomic E-state index is 1.09. The van der Waals surface area contributed by atoms with E-state index in [4.69, 9.17) is 0 Å². The molecule has 0 radical (unpaired) electrons. The van der Waals surface area contributed by atoms with Crippen LogP contribution in [0.25, 0.3) is 82.1 Å². The summed E-state index contributed by atoms with van der Waals surface area (Å²) < 4.78 is 2.44. The summed E-state index contributed by atoms with van der Waals surface area (Å²) in [6, 6.07) is 79.6. The van der Waals surface area contributed by atoms with E-state index in [-0.39, 0.29) is 0 Å². The number of hydrogen-bond donors (Lipinski definition) is 0. The van der Waals surface area contributed by atoms with Crippen molar-refractivity contribution in [3.63, 3.8) is 0 Å². The summed E-state index contributed by atoms with van der Waals surface area (Å²) in [5, 5.41) is 9.82. The highest BCUT2D eigenvalue weighted by Gasteiger charge is 2.24. The van der Waals surface area contributed by atoms with Crippen molar-refractivity contribution >= 4 is 71.2 Å². The number of fused-ring (bicyclic) bond motifs is 7. The van der Waals surface area contributed by atoms with Gasteiger partial charge in [0.2, 0.25) is 0 Å². The first-order chi connectivity index (χ1) is 27.8. The van der Waals surface area contributed by atoms with Gasteiger partial charge >= 0.3 is 0 Å². The molecule has 11 aromatic rings. The lowest BCUT2D eigenvalue weighted by Gasteiger charge is -2.28. The van der Waals surface area contributed by atoms with E-state index in [0.29, 0.717) is 0 Å². The maximum absolute atomic E-state index is 2.47. The lowest BCUT2D eigenvalue weighted by molar-refractivity contribution is 1.17. The second kappa shape index (κ2) is 13.2. The largest absolute Gasteiger partial charge is 0.308 e. The molecular formula is C54H36N2. The Labute approximate surface area is 325 Å². The fourth-order valence-corrected chi connectivity index (χ4v) is 8.90. The fraction of sp³-hybridized carbons (Fsp3) is 0. The molecule has 0 saturated carbocycles. The molecule has 0 unspecified atom stereocenters. The molecule has 0 N–H and O–H groups in total. The van der Waals surface area contributed by atoms with Crippen LogP contribution in [0.1, 0.15) is 0 Å². The number of anilines is 3. The Morgan fingerprint density at radius 2 is 0.857 bits per heavy atom. The first-order valence-corrected chi connectivity index (χ1v) is 19.3. The summed E-state index contributed by atoms with van der Waals surface area (Å²) in [5.74, 6) is 0. The third-order valence-electron chi connectivity index (χ3n) is 11.3. The fourth-order valence-electron chi connectivity index (χ4n) is 8.90. The standard InChI is InChI=1S/C54H36N2/c1-4-18-38(19-5-1)52-47-27-13-12-25-44(47)45-34-33-43(36-49(45)53(52)39-20-6-2-7-21-39)55(42-32-31-37-17-10-11-22-40(37)35-42)51-30-16-28-48-46-26-14-15-29-50(46)56(54(48)51)41-23-8-3-9-24-41/h1-36H. The van der Waals surface area contributed by atoms with Crippen LogP contribution in [0.2, 0.25) is 0 Å². The normalized spacial score (nSPS) is 11.6. The van der Waals surface area contributed by atoms with Crippen molar-refractivity contribution in [2.75, 3.05) is 4.90 Å². The maximum Gasteiger partial charge on any atom is 0.0782 e. The van der Waals surface area contributed by atoms with Gasteiger partial charge in [0, 0.05) is 27.8 Å². The van der Waals surface area contributed by atoms with E-state index >= 15 is 0 Å². The SMILES string of the molecule is c1ccc(-c2c(-c3ccccc3)c3cc(N(c4ccc5ccccc5c4)c4cccc5c6ccccc6n(-c6ccccc6)c45)ccc3c3ccccc23)cc1. The maximum atomic E-state index is 2.47. The highest BCUT2D eigenvalue weighted by atomic mass is 15.2. The number of benzene rings is 10. The predicted molar refractivity (Wildman–Crippen MR) is 239 cm³/mol. The van der Waals surface area contributed by atoms with Crippen LogP contribution < -0.4 is 4.90 Å². The van der Waals surface area contributed by atoms with Crippen LogP contribution in [-0.4, -0.2) is 4.57 Å². The number of nitrogens with zero attached hydrogens (tertiary/aromatic N) is 2.